The molecule has 0 saturated heterocycles. The van der Waals surface area contributed by atoms with E-state index in [0.717, 1.165) is 55.0 Å². The maximum absolute atomic E-state index is 7.11. The molecular weight excluding hydrogens is 702 g/mol. The molecule has 1 nitrogen and oxygen atoms in total. The zero-order valence-electron chi connectivity index (χ0n) is 32.4. The number of hydrogen-bond acceptors (Lipinski definition) is 1. The van der Waals surface area contributed by atoms with Crippen molar-refractivity contribution in [3.8, 4) is 45.7 Å². The Labute approximate surface area is 356 Å². The third-order valence-corrected chi connectivity index (χ3v) is 10.9. The van der Waals surface area contributed by atoms with Gasteiger partial charge in [0.05, 0.1) is 0 Å². The summed E-state index contributed by atoms with van der Waals surface area (Å²) in [7, 11) is 49.0. The van der Waals surface area contributed by atoms with Crippen molar-refractivity contribution in [2.75, 3.05) is 11.4 Å². The first-order chi connectivity index (χ1) is 28.7. The van der Waals surface area contributed by atoms with Gasteiger partial charge in [-0.15, -0.1) is 11.9 Å². The van der Waals surface area contributed by atoms with Crippen LogP contribution in [0.15, 0.2) is 180 Å². The standard InChI is InChI=1S/C51H30B7N/c1-2-41(52)44(35-27-28-37(31-15-5-3-6-16-31)40(29-35)34-17-7-4-8-18-34)46(54)42(53)30-59(43-26-14-22-33-20-10-12-24-38(33)43)51-49(57)47(55)45(48(56)50(51)58)39-25-13-21-32-19-9-11-23-36(32)39/h1,3-29H,30H2/b44-41+,46-42-. The molecule has 0 bridgehead atoms. The van der Waals surface area contributed by atoms with Crippen molar-refractivity contribution in [1.82, 2.24) is 0 Å². The highest BCUT2D eigenvalue weighted by molar-refractivity contribution is 6.63. The quantitative estimate of drug-likeness (QED) is 0.0873. The van der Waals surface area contributed by atoms with Crippen LogP contribution in [0, 0.1) is 12.3 Å². The summed E-state index contributed by atoms with van der Waals surface area (Å²) in [5.74, 6) is 2.61. The maximum Gasteiger partial charge on any atom is 0.127 e. The largest absolute Gasteiger partial charge is 0.339 e. The lowest BCUT2D eigenvalue weighted by molar-refractivity contribution is 1.10. The van der Waals surface area contributed by atoms with Gasteiger partial charge in [-0.2, -0.15) is 0 Å². The molecule has 14 radical (unpaired) electrons. The summed E-state index contributed by atoms with van der Waals surface area (Å²) < 4.78 is 0. The van der Waals surface area contributed by atoms with Gasteiger partial charge in [0.2, 0.25) is 0 Å². The van der Waals surface area contributed by atoms with Gasteiger partial charge in [0, 0.05) is 23.3 Å². The summed E-state index contributed by atoms with van der Waals surface area (Å²) >= 11 is 0. The third-order valence-electron chi connectivity index (χ3n) is 10.9. The molecule has 0 atom stereocenters. The first kappa shape index (κ1) is 39.4. The van der Waals surface area contributed by atoms with Gasteiger partial charge in [-0.25, -0.2) is 0 Å². The second-order valence-electron chi connectivity index (χ2n) is 14.4. The zero-order valence-corrected chi connectivity index (χ0v) is 32.4. The third kappa shape index (κ3) is 7.43. The fourth-order valence-corrected chi connectivity index (χ4v) is 7.94. The topological polar surface area (TPSA) is 3.24 Å². The Morgan fingerprint density at radius 1 is 0.508 bits per heavy atom. The van der Waals surface area contributed by atoms with Crippen LogP contribution in [0.4, 0.5) is 11.4 Å². The summed E-state index contributed by atoms with van der Waals surface area (Å²) in [5, 5.41) is 3.89. The summed E-state index contributed by atoms with van der Waals surface area (Å²) in [6.07, 6.45) is 6.01. The zero-order chi connectivity index (χ0) is 41.2. The van der Waals surface area contributed by atoms with Gasteiger partial charge >= 0.3 is 0 Å². The van der Waals surface area contributed by atoms with Crippen LogP contribution in [-0.4, -0.2) is 61.5 Å². The second-order valence-corrected chi connectivity index (χ2v) is 14.4. The molecule has 0 heterocycles. The van der Waals surface area contributed by atoms with Crippen LogP contribution in [0.3, 0.4) is 0 Å². The van der Waals surface area contributed by atoms with E-state index in [1.807, 2.05) is 144 Å². The molecule has 0 aliphatic carbocycles. The lowest BCUT2D eigenvalue weighted by Crippen LogP contribution is -2.47. The van der Waals surface area contributed by atoms with Crippen LogP contribution in [0.25, 0.3) is 60.5 Å². The van der Waals surface area contributed by atoms with Crippen LogP contribution in [0.1, 0.15) is 5.56 Å². The van der Waals surface area contributed by atoms with Crippen LogP contribution in [0.5, 0.6) is 0 Å². The van der Waals surface area contributed by atoms with Gasteiger partial charge < -0.3 is 4.90 Å². The molecule has 0 unspecified atom stereocenters. The van der Waals surface area contributed by atoms with E-state index >= 15 is 0 Å². The normalized spacial score (nSPS) is 12.1. The molecule has 0 aliphatic heterocycles. The Morgan fingerprint density at radius 3 is 1.66 bits per heavy atom. The molecular formula is C51H30B7N. The van der Waals surface area contributed by atoms with Crippen LogP contribution < -0.4 is 26.8 Å². The maximum atomic E-state index is 7.11. The highest BCUT2D eigenvalue weighted by atomic mass is 15.1. The molecule has 260 valence electrons. The number of rotatable bonds is 9. The SMILES string of the molecule is [B]/C(CN(c1c([B])c([B])c(-c2cccc3ccccc23)c([B])c1[B])c1cccc2ccccc12)=C([B])/C(=C(/[B])C#C)c1ccc(-c2ccccc2)c(-c2ccccc2)c1. The Morgan fingerprint density at radius 2 is 1.03 bits per heavy atom. The van der Waals surface area contributed by atoms with E-state index in [1.165, 1.54) is 0 Å². The molecule has 0 fully saturated rings. The number of anilines is 2. The van der Waals surface area contributed by atoms with Gasteiger partial charge in [0.15, 0.2) is 0 Å². The molecule has 8 rings (SSSR count). The fourth-order valence-electron chi connectivity index (χ4n) is 7.94. The van der Waals surface area contributed by atoms with Gasteiger partial charge in [0.1, 0.15) is 54.9 Å². The second kappa shape index (κ2) is 16.8. The molecule has 0 N–H and O–H groups in total. The molecule has 0 amide bonds. The van der Waals surface area contributed by atoms with Crippen molar-refractivity contribution in [3.05, 3.63) is 186 Å². The predicted octanol–water partition coefficient (Wildman–Crippen LogP) is 7.07. The molecule has 0 aliphatic rings. The summed E-state index contributed by atoms with van der Waals surface area (Å²) in [5.41, 5.74) is 9.34. The van der Waals surface area contributed by atoms with E-state index in [4.69, 9.17) is 61.3 Å². The van der Waals surface area contributed by atoms with E-state index in [2.05, 4.69) is 30.2 Å². The highest BCUT2D eigenvalue weighted by Crippen LogP contribution is 2.38. The highest BCUT2D eigenvalue weighted by Gasteiger charge is 2.23. The van der Waals surface area contributed by atoms with E-state index in [9.17, 15) is 0 Å². The average molecular weight is 732 g/mol. The summed E-state index contributed by atoms with van der Waals surface area (Å²) in [4.78, 5) is 1.91. The number of allylic oxidation sites excluding steroid dienone is 3. The van der Waals surface area contributed by atoms with Crippen molar-refractivity contribution in [1.29, 1.82) is 0 Å². The Balaban J connectivity index is 1.31. The number of nitrogens with zero attached hydrogens (tertiary/aromatic N) is 1. The molecule has 8 aromatic rings. The van der Waals surface area contributed by atoms with E-state index < -0.39 is 0 Å². The molecule has 8 heteroatoms. The van der Waals surface area contributed by atoms with Gasteiger partial charge in [-0.05, 0) is 78.3 Å². The van der Waals surface area contributed by atoms with Crippen molar-refractivity contribution >= 4 is 115 Å². The molecule has 59 heavy (non-hydrogen) atoms. The van der Waals surface area contributed by atoms with E-state index in [-0.39, 0.29) is 44.8 Å². The Kier molecular flexibility index (Phi) is 11.2. The molecule has 8 aromatic carbocycles. The van der Waals surface area contributed by atoms with Crippen molar-refractivity contribution in [2.24, 2.45) is 0 Å². The Hall–Kier alpha value is -6.43. The summed E-state index contributed by atoms with van der Waals surface area (Å²) in [6, 6.07) is 54.2. The monoisotopic (exact) mass is 733 g/mol. The number of benzene rings is 8. The van der Waals surface area contributed by atoms with Crippen molar-refractivity contribution in [2.45, 2.75) is 0 Å². The van der Waals surface area contributed by atoms with Crippen LogP contribution in [-0.2, 0) is 0 Å². The lowest BCUT2D eigenvalue weighted by atomic mass is 9.64. The molecule has 0 aromatic heterocycles. The van der Waals surface area contributed by atoms with E-state index in [1.54, 1.807) is 0 Å². The minimum absolute atomic E-state index is 0.00965. The number of hydrogen-bond donors (Lipinski definition) is 0. The summed E-state index contributed by atoms with van der Waals surface area (Å²) in [6.45, 7) is 0.00965. The van der Waals surface area contributed by atoms with Crippen molar-refractivity contribution < 1.29 is 0 Å². The first-order valence-electron chi connectivity index (χ1n) is 19.1. The van der Waals surface area contributed by atoms with Gasteiger partial charge in [0.25, 0.3) is 0 Å². The fraction of sp³-hybridized carbons (Fsp3) is 0.0196. The first-order valence-corrected chi connectivity index (χ1v) is 19.1. The minimum atomic E-state index is 0.00965. The molecule has 0 saturated carbocycles. The van der Waals surface area contributed by atoms with Crippen molar-refractivity contribution in [3.63, 3.8) is 0 Å². The van der Waals surface area contributed by atoms with Crippen LogP contribution in [0.2, 0.25) is 0 Å². The lowest BCUT2D eigenvalue weighted by Gasteiger charge is -2.34. The van der Waals surface area contributed by atoms with Gasteiger partial charge in [-0.3, -0.25) is 0 Å². The predicted molar refractivity (Wildman–Crippen MR) is 259 cm³/mol. The minimum Gasteiger partial charge on any atom is -0.339 e. The van der Waals surface area contributed by atoms with Crippen LogP contribution >= 0.6 is 0 Å². The molecule has 0 spiro atoms. The van der Waals surface area contributed by atoms with Gasteiger partial charge in [-0.1, -0.05) is 185 Å². The average Bonchev–Trinajstić information content (AvgIpc) is 3.28. The van der Waals surface area contributed by atoms with E-state index in [0.29, 0.717) is 22.4 Å². The Bertz CT molecular complexity index is 2960. The number of terminal acetylenes is 1. The number of fused-ring (bicyclic) bond motifs is 2. The smallest absolute Gasteiger partial charge is 0.127 e.